The van der Waals surface area contributed by atoms with E-state index in [-0.39, 0.29) is 17.7 Å². The Kier molecular flexibility index (Phi) is 12.7. The van der Waals surface area contributed by atoms with E-state index >= 15 is 0 Å². The largest absolute Gasteiger partial charge is 0.444 e. The maximum atomic E-state index is 14.5. The molecular formula is C33H48ClN3O4. The van der Waals surface area contributed by atoms with Crippen LogP contribution in [-0.2, 0) is 14.3 Å². The number of ether oxygens (including phenoxy) is 1. The molecule has 0 aromatic heterocycles. The second kappa shape index (κ2) is 15.2. The number of amides is 3. The average molecular weight is 586 g/mol. The lowest BCUT2D eigenvalue weighted by Gasteiger charge is -2.37. The average Bonchev–Trinajstić information content (AvgIpc) is 2.89. The third-order valence-electron chi connectivity index (χ3n) is 7.41. The van der Waals surface area contributed by atoms with Gasteiger partial charge in [0.1, 0.15) is 17.7 Å². The number of nitrogens with zero attached hydrogens (tertiary/aromatic N) is 1. The molecule has 0 heterocycles. The molecule has 0 saturated carbocycles. The number of hydrogen-bond acceptors (Lipinski definition) is 4. The fourth-order valence-corrected chi connectivity index (χ4v) is 4.97. The van der Waals surface area contributed by atoms with Gasteiger partial charge in [0.25, 0.3) is 5.91 Å². The molecule has 0 aliphatic heterocycles. The van der Waals surface area contributed by atoms with Crippen LogP contribution in [0.1, 0.15) is 95.5 Å². The Morgan fingerprint density at radius 2 is 1.61 bits per heavy atom. The van der Waals surface area contributed by atoms with Gasteiger partial charge in [0.2, 0.25) is 5.91 Å². The van der Waals surface area contributed by atoms with Gasteiger partial charge in [-0.25, -0.2) is 4.79 Å². The molecule has 41 heavy (non-hydrogen) atoms. The van der Waals surface area contributed by atoms with E-state index in [1.165, 1.54) is 0 Å². The minimum absolute atomic E-state index is 0.197. The van der Waals surface area contributed by atoms with Crippen LogP contribution in [0.25, 0.3) is 0 Å². The molecule has 3 atom stereocenters. The maximum absolute atomic E-state index is 14.5. The third-order valence-corrected chi connectivity index (χ3v) is 7.72. The Morgan fingerprint density at radius 3 is 2.20 bits per heavy atom. The molecule has 3 amide bonds. The zero-order valence-corrected chi connectivity index (χ0v) is 26.9. The fourth-order valence-electron chi connectivity index (χ4n) is 4.70. The van der Waals surface area contributed by atoms with E-state index in [1.807, 2.05) is 65.0 Å². The van der Waals surface area contributed by atoms with E-state index in [1.54, 1.807) is 31.7 Å². The van der Waals surface area contributed by atoms with Gasteiger partial charge >= 0.3 is 6.09 Å². The number of carbonyl (C=O) groups is 3. The maximum Gasteiger partial charge on any atom is 0.408 e. The van der Waals surface area contributed by atoms with Crippen LogP contribution in [-0.4, -0.2) is 41.0 Å². The summed E-state index contributed by atoms with van der Waals surface area (Å²) in [6.07, 6.45) is 2.54. The summed E-state index contributed by atoms with van der Waals surface area (Å²) in [5.41, 5.74) is 3.29. The molecule has 2 N–H and O–H groups in total. The van der Waals surface area contributed by atoms with Gasteiger partial charge in [-0.2, -0.15) is 0 Å². The number of hydrogen-bond donors (Lipinski definition) is 2. The number of para-hydroxylation sites is 1. The van der Waals surface area contributed by atoms with Crippen LogP contribution >= 0.6 is 11.6 Å². The van der Waals surface area contributed by atoms with E-state index in [4.69, 9.17) is 16.3 Å². The van der Waals surface area contributed by atoms with Crippen molar-refractivity contribution in [2.75, 3.05) is 11.9 Å². The van der Waals surface area contributed by atoms with Crippen molar-refractivity contribution in [3.05, 3.63) is 63.7 Å². The molecule has 2 aromatic rings. The molecule has 2 rings (SSSR count). The molecule has 0 spiro atoms. The highest BCUT2D eigenvalue weighted by Gasteiger charge is 2.38. The summed E-state index contributed by atoms with van der Waals surface area (Å²) in [4.78, 5) is 43.2. The van der Waals surface area contributed by atoms with E-state index in [9.17, 15) is 14.4 Å². The Bertz CT molecular complexity index is 1190. The number of carbonyl (C=O) groups excluding carboxylic acids is 3. The molecule has 0 aliphatic rings. The highest BCUT2D eigenvalue weighted by atomic mass is 35.5. The zero-order chi connectivity index (χ0) is 30.9. The van der Waals surface area contributed by atoms with Crippen molar-refractivity contribution in [3.8, 4) is 0 Å². The Balaban J connectivity index is 2.66. The van der Waals surface area contributed by atoms with Gasteiger partial charge in [0, 0.05) is 6.54 Å². The summed E-state index contributed by atoms with van der Waals surface area (Å²) in [6.45, 7) is 17.5. The number of anilines is 1. The van der Waals surface area contributed by atoms with Crippen molar-refractivity contribution < 1.29 is 19.1 Å². The van der Waals surface area contributed by atoms with E-state index < -0.39 is 23.8 Å². The highest BCUT2D eigenvalue weighted by molar-refractivity contribution is 6.34. The molecule has 3 unspecified atom stereocenters. The second-order valence-electron chi connectivity index (χ2n) is 11.9. The topological polar surface area (TPSA) is 87.7 Å². The monoisotopic (exact) mass is 585 g/mol. The number of halogens is 1. The lowest BCUT2D eigenvalue weighted by Crippen LogP contribution is -2.55. The van der Waals surface area contributed by atoms with Gasteiger partial charge < -0.3 is 20.3 Å². The first-order chi connectivity index (χ1) is 19.2. The third kappa shape index (κ3) is 9.49. The molecule has 0 bridgehead atoms. The molecule has 0 saturated heterocycles. The Labute approximate surface area is 251 Å². The molecular weight excluding hydrogens is 538 g/mol. The second-order valence-corrected chi connectivity index (χ2v) is 12.3. The van der Waals surface area contributed by atoms with E-state index in [0.717, 1.165) is 35.1 Å². The minimum atomic E-state index is -0.943. The summed E-state index contributed by atoms with van der Waals surface area (Å²) >= 11 is 6.49. The molecule has 2 aromatic carbocycles. The smallest absolute Gasteiger partial charge is 0.408 e. The first-order valence-electron chi connectivity index (χ1n) is 14.6. The van der Waals surface area contributed by atoms with Gasteiger partial charge in [-0.3, -0.25) is 9.59 Å². The van der Waals surface area contributed by atoms with Gasteiger partial charge in [0.05, 0.1) is 10.7 Å². The van der Waals surface area contributed by atoms with Gasteiger partial charge in [-0.15, -0.1) is 0 Å². The van der Waals surface area contributed by atoms with Crippen molar-refractivity contribution in [3.63, 3.8) is 0 Å². The predicted octanol–water partition coefficient (Wildman–Crippen LogP) is 7.90. The van der Waals surface area contributed by atoms with E-state index in [2.05, 4.69) is 17.6 Å². The van der Waals surface area contributed by atoms with Crippen molar-refractivity contribution in [2.45, 2.75) is 106 Å². The summed E-state index contributed by atoms with van der Waals surface area (Å²) in [5.74, 6) is -0.880. The number of unbranched alkanes of at least 4 members (excludes halogenated alkanes) is 2. The predicted molar refractivity (Wildman–Crippen MR) is 167 cm³/mol. The molecule has 0 aliphatic carbocycles. The Morgan fingerprint density at radius 1 is 0.976 bits per heavy atom. The summed E-state index contributed by atoms with van der Waals surface area (Å²) in [6, 6.07) is 9.40. The molecule has 7 nitrogen and oxygen atoms in total. The lowest BCUT2D eigenvalue weighted by molar-refractivity contribution is -0.142. The molecule has 0 fully saturated rings. The van der Waals surface area contributed by atoms with E-state index in [0.29, 0.717) is 30.1 Å². The quantitative estimate of drug-likeness (QED) is 0.248. The van der Waals surface area contributed by atoms with Crippen molar-refractivity contribution in [1.82, 2.24) is 10.2 Å². The zero-order valence-electron chi connectivity index (χ0n) is 26.2. The highest BCUT2D eigenvalue weighted by Crippen LogP contribution is 2.32. The number of alkyl carbamates (subject to hydrolysis) is 1. The lowest BCUT2D eigenvalue weighted by atomic mass is 9.92. The molecule has 0 radical (unpaired) electrons. The molecule has 8 heteroatoms. The van der Waals surface area contributed by atoms with Gasteiger partial charge in [-0.05, 0) is 82.2 Å². The molecule has 226 valence electrons. The number of nitrogens with one attached hydrogen (secondary N) is 2. The Hall–Kier alpha value is -3.06. The summed E-state index contributed by atoms with van der Waals surface area (Å²) < 4.78 is 5.51. The van der Waals surface area contributed by atoms with Crippen molar-refractivity contribution in [2.24, 2.45) is 5.92 Å². The van der Waals surface area contributed by atoms with Crippen LogP contribution in [0.4, 0.5) is 10.5 Å². The fraction of sp³-hybridized carbons (Fsp3) is 0.545. The van der Waals surface area contributed by atoms with Crippen molar-refractivity contribution in [1.29, 1.82) is 0 Å². The number of benzene rings is 2. The summed E-state index contributed by atoms with van der Waals surface area (Å²) in [5, 5.41) is 6.28. The van der Waals surface area contributed by atoms with Gasteiger partial charge in [0.15, 0.2) is 0 Å². The number of aryl methyl sites for hydroxylation is 2. The van der Waals surface area contributed by atoms with Crippen LogP contribution in [0.2, 0.25) is 5.02 Å². The first-order valence-corrected chi connectivity index (χ1v) is 15.0. The van der Waals surface area contributed by atoms with Crippen molar-refractivity contribution >= 4 is 35.2 Å². The first kappa shape index (κ1) is 34.1. The summed E-state index contributed by atoms with van der Waals surface area (Å²) in [7, 11) is 0. The number of rotatable bonds is 12. The minimum Gasteiger partial charge on any atom is -0.444 e. The van der Waals surface area contributed by atoms with Crippen LogP contribution in [0, 0.1) is 26.7 Å². The van der Waals surface area contributed by atoms with Gasteiger partial charge in [-0.1, -0.05) is 82.0 Å². The SMILES string of the molecule is CCCCCN(C(=O)C(NC(=O)OC(C)(C)C)C(C)CC)C(C(=O)Nc1c(C)cccc1Cl)c1cccc(C)c1C. The normalized spacial score (nSPS) is 13.6. The van der Waals surface area contributed by atoms with Crippen LogP contribution in [0.5, 0.6) is 0 Å². The van der Waals surface area contributed by atoms with Crippen LogP contribution < -0.4 is 10.6 Å². The standard InChI is InChI=1S/C33H48ClN3O4/c1-10-12-13-20-37(31(39)28(21(3)11-2)36-32(40)41-33(7,8)9)29(25-18-14-16-22(4)24(25)6)30(38)35-27-23(5)17-15-19-26(27)34/h14-19,21,28-29H,10-13,20H2,1-9H3,(H,35,38)(H,36,40). The van der Waals surface area contributed by atoms with Crippen LogP contribution in [0.15, 0.2) is 36.4 Å². The van der Waals surface area contributed by atoms with Crippen LogP contribution in [0.3, 0.4) is 0 Å².